The Bertz CT molecular complexity index is 805. The first-order valence-electron chi connectivity index (χ1n) is 6.08. The summed E-state index contributed by atoms with van der Waals surface area (Å²) in [6, 6.07) is 2.74. The maximum absolute atomic E-state index is 14.5. The lowest BCUT2D eigenvalue weighted by Gasteiger charge is -2.09. The van der Waals surface area contributed by atoms with Crippen molar-refractivity contribution in [1.82, 2.24) is 9.97 Å². The average molecular weight is 377 g/mol. The topological polar surface area (TPSA) is 95.2 Å². The Morgan fingerprint density at radius 1 is 1.39 bits per heavy atom. The summed E-state index contributed by atoms with van der Waals surface area (Å²) >= 11 is 11.9. The fourth-order valence-corrected chi connectivity index (χ4v) is 2.54. The van der Waals surface area contributed by atoms with E-state index in [1.54, 1.807) is 0 Å². The van der Waals surface area contributed by atoms with Crippen LogP contribution in [0.15, 0.2) is 12.1 Å². The highest BCUT2D eigenvalue weighted by atomic mass is 35.5. The van der Waals surface area contributed by atoms with Gasteiger partial charge in [-0.25, -0.2) is 9.37 Å². The molecule has 0 atom stereocenters. The zero-order valence-electron chi connectivity index (χ0n) is 11.6. The predicted octanol–water partition coefficient (Wildman–Crippen LogP) is 3.03. The van der Waals surface area contributed by atoms with Crippen LogP contribution in [0.1, 0.15) is 12.5 Å². The zero-order chi connectivity index (χ0) is 17.1. The smallest absolute Gasteiger partial charge is 0.406 e. The zero-order valence-corrected chi connectivity index (χ0v) is 13.9. The number of esters is 1. The fraction of sp³-hybridized carbons (Fsp3) is 0.154. The highest BCUT2D eigenvalue weighted by molar-refractivity contribution is 7.64. The van der Waals surface area contributed by atoms with Gasteiger partial charge in [0.25, 0.3) is 5.75 Å². The quantitative estimate of drug-likeness (QED) is 0.650. The van der Waals surface area contributed by atoms with Crippen LogP contribution < -0.4 is 10.5 Å². The Hall–Kier alpha value is -1.90. The number of hydrogen-bond donors (Lipinski definition) is 1. The summed E-state index contributed by atoms with van der Waals surface area (Å²) in [4.78, 5) is 18.8. The van der Waals surface area contributed by atoms with Gasteiger partial charge in [0, 0.05) is 11.1 Å². The van der Waals surface area contributed by atoms with E-state index >= 15 is 0 Å². The molecule has 120 valence electrons. The molecule has 2 aromatic rings. The fourth-order valence-electron chi connectivity index (χ4n) is 1.73. The Morgan fingerprint density at radius 2 is 2.09 bits per heavy atom. The van der Waals surface area contributed by atoms with E-state index in [4.69, 9.17) is 33.7 Å². The number of benzene rings is 1. The summed E-state index contributed by atoms with van der Waals surface area (Å²) in [6.07, 6.45) is 0. The number of nitrogen functional groups attached to an aromatic ring is 1. The van der Waals surface area contributed by atoms with E-state index in [9.17, 15) is 13.4 Å². The molecule has 0 bridgehead atoms. The molecule has 0 saturated carbocycles. The maximum atomic E-state index is 14.5. The van der Waals surface area contributed by atoms with Gasteiger partial charge in [0.1, 0.15) is 16.7 Å². The summed E-state index contributed by atoms with van der Waals surface area (Å²) in [7, 11) is 0. The normalized spacial score (nSPS) is 10.4. The molecule has 1 aromatic heterocycles. The number of aromatic nitrogens is 2. The molecule has 23 heavy (non-hydrogen) atoms. The number of nitrogens with two attached hydrogens (primary N) is 1. The first-order chi connectivity index (χ1) is 10.8. The van der Waals surface area contributed by atoms with E-state index in [1.807, 2.05) is 0 Å². The first kappa shape index (κ1) is 17.5. The van der Waals surface area contributed by atoms with Gasteiger partial charge in [-0.05, 0) is 12.1 Å². The molecular weight excluding hydrogens is 368 g/mol. The van der Waals surface area contributed by atoms with Crippen LogP contribution in [-0.2, 0) is 26.4 Å². The summed E-state index contributed by atoms with van der Waals surface area (Å²) < 4.78 is 30.0. The summed E-state index contributed by atoms with van der Waals surface area (Å²) in [5.74, 6) is -2.20. The van der Waals surface area contributed by atoms with Gasteiger partial charge >= 0.3 is 17.6 Å². The number of rotatable bonds is 4. The summed E-state index contributed by atoms with van der Waals surface area (Å²) in [5, 5.41) is -0.0506. The third-order valence-electron chi connectivity index (χ3n) is 2.72. The lowest BCUT2D eigenvalue weighted by atomic mass is 10.1. The molecule has 0 unspecified atom stereocenters. The third kappa shape index (κ3) is 3.72. The molecule has 1 aromatic carbocycles. The van der Waals surface area contributed by atoms with Gasteiger partial charge in [-0.15, -0.1) is 0 Å². The molecule has 0 saturated heterocycles. The molecule has 2 N–H and O–H groups in total. The Labute approximate surface area is 144 Å². The predicted molar refractivity (Wildman–Crippen MR) is 84.9 cm³/mol. The van der Waals surface area contributed by atoms with Crippen molar-refractivity contribution >= 4 is 46.7 Å². The number of anilines is 1. The molecule has 0 radical (unpaired) electrons. The van der Waals surface area contributed by atoms with Crippen molar-refractivity contribution in [2.75, 3.05) is 5.73 Å². The second-order valence-electron chi connectivity index (χ2n) is 4.29. The first-order valence-corrected chi connectivity index (χ1v) is 7.75. The van der Waals surface area contributed by atoms with Crippen LogP contribution in [0.25, 0.3) is 11.4 Å². The van der Waals surface area contributed by atoms with Gasteiger partial charge in [-0.3, -0.25) is 4.79 Å². The lowest BCUT2D eigenvalue weighted by Crippen LogP contribution is -2.08. The molecule has 0 amide bonds. The number of nitrogens with zero attached hydrogens (tertiary/aromatic N) is 2. The molecular formula is C13H9Cl2FN3O3S+. The minimum atomic E-state index is -0.753. The average Bonchev–Trinajstić information content (AvgIpc) is 2.47. The Kier molecular flexibility index (Phi) is 5.40. The highest BCUT2D eigenvalue weighted by Crippen LogP contribution is 2.33. The summed E-state index contributed by atoms with van der Waals surface area (Å²) in [5.41, 5.74) is 5.61. The third-order valence-corrected chi connectivity index (χ3v) is 3.83. The number of halogens is 3. The number of carbonyl (C=O) groups excluding carboxylic acids is 1. The minimum absolute atomic E-state index is 0.0234. The molecule has 2 rings (SSSR count). The van der Waals surface area contributed by atoms with Crippen molar-refractivity contribution in [3.05, 3.63) is 33.6 Å². The lowest BCUT2D eigenvalue weighted by molar-refractivity contribution is -0.132. The van der Waals surface area contributed by atoms with Crippen LogP contribution in [0, 0.1) is 5.82 Å². The van der Waals surface area contributed by atoms with E-state index in [2.05, 4.69) is 9.97 Å². The van der Waals surface area contributed by atoms with Crippen LogP contribution >= 0.6 is 23.2 Å². The Balaban J connectivity index is 2.63. The summed E-state index contributed by atoms with van der Waals surface area (Å²) in [6.45, 7) is 1.15. The van der Waals surface area contributed by atoms with Crippen molar-refractivity contribution in [1.29, 1.82) is 0 Å². The monoisotopic (exact) mass is 376 g/mol. The molecule has 0 aliphatic carbocycles. The maximum Gasteiger partial charge on any atom is 0.463 e. The van der Waals surface area contributed by atoms with E-state index in [1.165, 1.54) is 12.1 Å². The van der Waals surface area contributed by atoms with E-state index in [0.717, 1.165) is 6.92 Å². The van der Waals surface area contributed by atoms with Crippen molar-refractivity contribution in [3.8, 4) is 17.3 Å². The van der Waals surface area contributed by atoms with Crippen LogP contribution in [0.4, 0.5) is 10.2 Å². The van der Waals surface area contributed by atoms with Crippen molar-refractivity contribution < 1.29 is 18.1 Å². The molecule has 0 spiro atoms. The molecule has 1 heterocycles. The second kappa shape index (κ2) is 7.12. The number of carbonyl (C=O) groups is 1. The SMILES string of the molecule is CC(=O)Oc1nc(-c2ccc(Cl)c(C[S+]=O)c2F)nc(N)c1Cl. The van der Waals surface area contributed by atoms with E-state index < -0.39 is 11.8 Å². The second-order valence-corrected chi connectivity index (χ2v) is 5.60. The van der Waals surface area contributed by atoms with Crippen molar-refractivity contribution in [2.24, 2.45) is 0 Å². The van der Waals surface area contributed by atoms with Gasteiger partial charge in [-0.2, -0.15) is 4.98 Å². The van der Waals surface area contributed by atoms with E-state index in [-0.39, 0.29) is 56.1 Å². The van der Waals surface area contributed by atoms with Crippen LogP contribution in [0.2, 0.25) is 10.0 Å². The van der Waals surface area contributed by atoms with Crippen LogP contribution in [0.5, 0.6) is 5.88 Å². The molecule has 0 aliphatic heterocycles. The molecule has 10 heteroatoms. The number of hydrogen-bond acceptors (Lipinski definition) is 6. The van der Waals surface area contributed by atoms with Gasteiger partial charge in [-0.1, -0.05) is 23.2 Å². The molecule has 6 nitrogen and oxygen atoms in total. The van der Waals surface area contributed by atoms with Crippen LogP contribution in [-0.4, -0.2) is 15.9 Å². The standard InChI is InChI=1S/C13H9Cl2FN3O3S/c1-5(20)22-13-9(15)11(17)18-12(19-13)6-2-3-8(14)7(4-23-21)10(6)16/h2-3H,4H2,1H3,(H2,17,18,19)/q+1. The van der Waals surface area contributed by atoms with Crippen LogP contribution in [0.3, 0.4) is 0 Å². The van der Waals surface area contributed by atoms with Gasteiger partial charge in [0.15, 0.2) is 5.82 Å². The van der Waals surface area contributed by atoms with Crippen molar-refractivity contribution in [2.45, 2.75) is 12.7 Å². The minimum Gasteiger partial charge on any atom is -0.406 e. The Morgan fingerprint density at radius 3 is 2.70 bits per heavy atom. The molecule has 0 fully saturated rings. The van der Waals surface area contributed by atoms with Gasteiger partial charge in [0.2, 0.25) is 5.88 Å². The molecule has 0 aliphatic rings. The van der Waals surface area contributed by atoms with Gasteiger partial charge < -0.3 is 10.5 Å². The van der Waals surface area contributed by atoms with Crippen molar-refractivity contribution in [3.63, 3.8) is 0 Å². The number of ether oxygens (including phenoxy) is 1. The highest BCUT2D eigenvalue weighted by Gasteiger charge is 2.22. The van der Waals surface area contributed by atoms with Gasteiger partial charge in [0.05, 0.1) is 16.1 Å². The van der Waals surface area contributed by atoms with E-state index in [0.29, 0.717) is 0 Å². The largest absolute Gasteiger partial charge is 0.463 e.